The average Bonchev–Trinajstić information content (AvgIpc) is 2.83. The molecule has 0 spiro atoms. The van der Waals surface area contributed by atoms with E-state index in [2.05, 4.69) is 9.82 Å². The second kappa shape index (κ2) is 6.53. The van der Waals surface area contributed by atoms with Crippen LogP contribution in [0, 0.1) is 5.82 Å². The molecule has 132 valence electrons. The molecule has 0 saturated carbocycles. The van der Waals surface area contributed by atoms with Gasteiger partial charge in [0.1, 0.15) is 10.7 Å². The van der Waals surface area contributed by atoms with Crippen LogP contribution in [0.5, 0.6) is 0 Å². The summed E-state index contributed by atoms with van der Waals surface area (Å²) < 4.78 is 42.1. The SMILES string of the molecule is CCCn1[nH]c(=O)c2cc(NS(=O)(=O)c3ccc(F)cc3Cl)ccc21. The predicted octanol–water partition coefficient (Wildman–Crippen LogP) is 3.33. The van der Waals surface area contributed by atoms with Gasteiger partial charge in [-0.2, -0.15) is 0 Å². The second-order valence-electron chi connectivity index (χ2n) is 5.50. The summed E-state index contributed by atoms with van der Waals surface area (Å²) in [4.78, 5) is 11.8. The Hall–Kier alpha value is -2.32. The Balaban J connectivity index is 2.00. The van der Waals surface area contributed by atoms with E-state index >= 15 is 0 Å². The summed E-state index contributed by atoms with van der Waals surface area (Å²) in [5, 5.41) is 2.86. The molecule has 0 aliphatic carbocycles. The van der Waals surface area contributed by atoms with Crippen LogP contribution < -0.4 is 10.3 Å². The zero-order chi connectivity index (χ0) is 18.2. The first-order valence-corrected chi connectivity index (χ1v) is 9.38. The number of nitrogens with one attached hydrogen (secondary N) is 2. The number of nitrogens with zero attached hydrogens (tertiary/aromatic N) is 1. The minimum Gasteiger partial charge on any atom is -0.284 e. The zero-order valence-electron chi connectivity index (χ0n) is 13.2. The van der Waals surface area contributed by atoms with Crippen LogP contribution in [0.4, 0.5) is 10.1 Å². The van der Waals surface area contributed by atoms with Crippen LogP contribution in [-0.2, 0) is 16.6 Å². The average molecular weight is 384 g/mol. The number of hydrogen-bond acceptors (Lipinski definition) is 3. The van der Waals surface area contributed by atoms with Crippen LogP contribution in [0.25, 0.3) is 10.9 Å². The highest BCUT2D eigenvalue weighted by Gasteiger charge is 2.19. The number of H-pyrrole nitrogens is 1. The summed E-state index contributed by atoms with van der Waals surface area (Å²) in [6.45, 7) is 2.63. The Morgan fingerprint density at radius 3 is 2.68 bits per heavy atom. The van der Waals surface area contributed by atoms with Crippen LogP contribution >= 0.6 is 11.6 Å². The molecule has 0 bridgehead atoms. The third-order valence-corrected chi connectivity index (χ3v) is 5.52. The molecule has 9 heteroatoms. The molecule has 0 fully saturated rings. The largest absolute Gasteiger partial charge is 0.284 e. The maximum absolute atomic E-state index is 13.1. The second-order valence-corrected chi connectivity index (χ2v) is 7.56. The van der Waals surface area contributed by atoms with Crippen molar-refractivity contribution in [2.75, 3.05) is 4.72 Å². The lowest BCUT2D eigenvalue weighted by Gasteiger charge is -2.10. The molecule has 0 saturated heterocycles. The molecular formula is C16H15ClFN3O3S. The van der Waals surface area contributed by atoms with Crippen LogP contribution in [0.2, 0.25) is 5.02 Å². The van der Waals surface area contributed by atoms with Crippen LogP contribution in [0.3, 0.4) is 0 Å². The molecule has 2 N–H and O–H groups in total. The maximum atomic E-state index is 13.1. The number of rotatable bonds is 5. The first-order valence-electron chi connectivity index (χ1n) is 7.52. The van der Waals surface area contributed by atoms with Gasteiger partial charge >= 0.3 is 0 Å². The minimum atomic E-state index is -4.01. The number of aromatic amines is 1. The van der Waals surface area contributed by atoms with E-state index in [9.17, 15) is 17.6 Å². The Bertz CT molecular complexity index is 1110. The van der Waals surface area contributed by atoms with Crippen LogP contribution in [0.1, 0.15) is 13.3 Å². The Kier molecular flexibility index (Phi) is 4.57. The van der Waals surface area contributed by atoms with Gasteiger partial charge in [-0.1, -0.05) is 18.5 Å². The molecule has 0 aliphatic rings. The molecule has 0 amide bonds. The van der Waals surface area contributed by atoms with Gasteiger partial charge in [0.25, 0.3) is 15.6 Å². The molecule has 0 atom stereocenters. The highest BCUT2D eigenvalue weighted by atomic mass is 35.5. The van der Waals surface area contributed by atoms with E-state index in [1.807, 2.05) is 6.92 Å². The number of aromatic nitrogens is 2. The summed E-state index contributed by atoms with van der Waals surface area (Å²) in [7, 11) is -4.01. The van der Waals surface area contributed by atoms with Gasteiger partial charge in [-0.15, -0.1) is 0 Å². The van der Waals surface area contributed by atoms with E-state index in [0.29, 0.717) is 17.4 Å². The lowest BCUT2D eigenvalue weighted by atomic mass is 10.2. The first kappa shape index (κ1) is 17.5. The fourth-order valence-corrected chi connectivity index (χ4v) is 4.15. The number of benzene rings is 2. The molecule has 6 nitrogen and oxygen atoms in total. The smallest absolute Gasteiger partial charge is 0.272 e. The molecule has 3 aromatic rings. The molecule has 0 radical (unpaired) electrons. The van der Waals surface area contributed by atoms with Gasteiger partial charge in [-0.05, 0) is 42.8 Å². The van der Waals surface area contributed by atoms with Crippen molar-refractivity contribution in [3.05, 3.63) is 57.6 Å². The van der Waals surface area contributed by atoms with Crippen LogP contribution in [-0.4, -0.2) is 18.2 Å². The van der Waals surface area contributed by atoms with Crippen molar-refractivity contribution in [1.29, 1.82) is 0 Å². The van der Waals surface area contributed by atoms with Gasteiger partial charge in [0.05, 0.1) is 15.9 Å². The van der Waals surface area contributed by atoms with Crippen molar-refractivity contribution < 1.29 is 12.8 Å². The van der Waals surface area contributed by atoms with Crippen molar-refractivity contribution in [2.24, 2.45) is 0 Å². The van der Waals surface area contributed by atoms with E-state index < -0.39 is 15.8 Å². The van der Waals surface area contributed by atoms with Crippen molar-refractivity contribution >= 4 is 38.2 Å². The molecule has 3 rings (SSSR count). The minimum absolute atomic E-state index is 0.215. The Labute approximate surface area is 148 Å². The summed E-state index contributed by atoms with van der Waals surface area (Å²) in [6.07, 6.45) is 0.844. The summed E-state index contributed by atoms with van der Waals surface area (Å²) in [5.74, 6) is -0.630. The van der Waals surface area contributed by atoms with Crippen molar-refractivity contribution in [2.45, 2.75) is 24.8 Å². The molecule has 2 aromatic carbocycles. The quantitative estimate of drug-likeness (QED) is 0.708. The molecule has 0 unspecified atom stereocenters. The van der Waals surface area contributed by atoms with Crippen molar-refractivity contribution in [1.82, 2.24) is 9.78 Å². The van der Waals surface area contributed by atoms with Crippen molar-refractivity contribution in [3.8, 4) is 0 Å². The number of fused-ring (bicyclic) bond motifs is 1. The maximum Gasteiger partial charge on any atom is 0.272 e. The monoisotopic (exact) mass is 383 g/mol. The molecule has 1 heterocycles. The third kappa shape index (κ3) is 3.40. The molecule has 1 aromatic heterocycles. The van der Waals surface area contributed by atoms with Gasteiger partial charge in [-0.25, -0.2) is 12.8 Å². The Morgan fingerprint density at radius 1 is 1.24 bits per heavy atom. The van der Waals surface area contributed by atoms with Gasteiger partial charge in [0, 0.05) is 12.2 Å². The lowest BCUT2D eigenvalue weighted by Crippen LogP contribution is -2.13. The van der Waals surface area contributed by atoms with E-state index in [-0.39, 0.29) is 21.2 Å². The molecule has 0 aliphatic heterocycles. The predicted molar refractivity (Wildman–Crippen MR) is 95.1 cm³/mol. The van der Waals surface area contributed by atoms with Gasteiger partial charge in [0.15, 0.2) is 0 Å². The normalized spacial score (nSPS) is 11.8. The van der Waals surface area contributed by atoms with E-state index in [1.54, 1.807) is 16.8 Å². The summed E-state index contributed by atoms with van der Waals surface area (Å²) in [6, 6.07) is 7.69. The van der Waals surface area contributed by atoms with E-state index in [1.165, 1.54) is 6.07 Å². The van der Waals surface area contributed by atoms with E-state index in [0.717, 1.165) is 24.6 Å². The van der Waals surface area contributed by atoms with Crippen molar-refractivity contribution in [3.63, 3.8) is 0 Å². The topological polar surface area (TPSA) is 84.0 Å². The van der Waals surface area contributed by atoms with Gasteiger partial charge in [-0.3, -0.25) is 19.3 Å². The number of aryl methyl sites for hydroxylation is 1. The fraction of sp³-hybridized carbons (Fsp3) is 0.188. The number of halogens is 2. The first-order chi connectivity index (χ1) is 11.8. The lowest BCUT2D eigenvalue weighted by molar-refractivity contribution is 0.600. The molecule has 25 heavy (non-hydrogen) atoms. The number of hydrogen-bond donors (Lipinski definition) is 2. The summed E-state index contributed by atoms with van der Waals surface area (Å²) >= 11 is 5.82. The number of anilines is 1. The Morgan fingerprint density at radius 2 is 2.00 bits per heavy atom. The fourth-order valence-electron chi connectivity index (χ4n) is 2.56. The van der Waals surface area contributed by atoms with Gasteiger partial charge in [0.2, 0.25) is 0 Å². The zero-order valence-corrected chi connectivity index (χ0v) is 14.8. The summed E-state index contributed by atoms with van der Waals surface area (Å²) in [5.41, 5.74) is 0.603. The van der Waals surface area contributed by atoms with Gasteiger partial charge < -0.3 is 0 Å². The van der Waals surface area contributed by atoms with E-state index in [4.69, 9.17) is 11.6 Å². The standard InChI is InChI=1S/C16H15ClFN3O3S/c1-2-7-21-14-5-4-11(9-12(14)16(22)19-21)20-25(23,24)15-6-3-10(18)8-13(15)17/h3-6,8-9,20H,2,7H2,1H3,(H,19,22). The number of sulfonamides is 1. The highest BCUT2D eigenvalue weighted by Crippen LogP contribution is 2.25. The molecular weight excluding hydrogens is 369 g/mol. The third-order valence-electron chi connectivity index (χ3n) is 3.65. The highest BCUT2D eigenvalue weighted by molar-refractivity contribution is 7.92. The van der Waals surface area contributed by atoms with Crippen LogP contribution in [0.15, 0.2) is 46.1 Å².